The van der Waals surface area contributed by atoms with Crippen LogP contribution in [0.5, 0.6) is 0 Å². The Kier molecular flexibility index (Phi) is 6.59. The number of aromatic nitrogens is 1. The molecule has 0 aliphatic rings. The topological polar surface area (TPSA) is 45.2 Å². The fourth-order valence-electron chi connectivity index (χ4n) is 2.37. The van der Waals surface area contributed by atoms with Crippen LogP contribution < -0.4 is 10.2 Å². The molecule has 2 aromatic rings. The number of carbonyl (C=O) groups is 1. The van der Waals surface area contributed by atoms with Crippen LogP contribution in [0.15, 0.2) is 47.1 Å². The molecule has 0 aliphatic heterocycles. The molecule has 1 aromatic carbocycles. The highest BCUT2D eigenvalue weighted by molar-refractivity contribution is 9.10. The first-order chi connectivity index (χ1) is 11.2. The number of hydrogen-bond acceptors (Lipinski definition) is 3. The van der Waals surface area contributed by atoms with Gasteiger partial charge in [0.2, 0.25) is 0 Å². The molecule has 0 aliphatic carbocycles. The number of halogens is 1. The second kappa shape index (κ2) is 8.67. The molecule has 4 nitrogen and oxygen atoms in total. The van der Waals surface area contributed by atoms with Crippen molar-refractivity contribution >= 4 is 33.3 Å². The lowest BCUT2D eigenvalue weighted by molar-refractivity contribution is 0.102. The third-order valence-corrected chi connectivity index (χ3v) is 4.13. The zero-order valence-electron chi connectivity index (χ0n) is 13.6. The maximum atomic E-state index is 12.5. The van der Waals surface area contributed by atoms with Gasteiger partial charge in [-0.1, -0.05) is 26.0 Å². The van der Waals surface area contributed by atoms with E-state index in [1.807, 2.05) is 30.3 Å². The average molecular weight is 376 g/mol. The van der Waals surface area contributed by atoms with Gasteiger partial charge in [0.15, 0.2) is 0 Å². The number of anilines is 2. The smallest absolute Gasteiger partial charge is 0.255 e. The highest BCUT2D eigenvalue weighted by Crippen LogP contribution is 2.22. The van der Waals surface area contributed by atoms with Crippen LogP contribution in [0.1, 0.15) is 37.0 Å². The first-order valence-corrected chi connectivity index (χ1v) is 8.71. The van der Waals surface area contributed by atoms with Crippen molar-refractivity contribution in [3.63, 3.8) is 0 Å². The Bertz CT molecular complexity index is 654. The lowest BCUT2D eigenvalue weighted by Crippen LogP contribution is -2.26. The average Bonchev–Trinajstić information content (AvgIpc) is 2.57. The van der Waals surface area contributed by atoms with Crippen molar-refractivity contribution in [1.29, 1.82) is 0 Å². The molecule has 0 spiro atoms. The molecule has 0 unspecified atom stereocenters. The summed E-state index contributed by atoms with van der Waals surface area (Å²) in [5.74, 6) is 0.724. The molecule has 0 saturated heterocycles. The van der Waals surface area contributed by atoms with Crippen LogP contribution in [-0.4, -0.2) is 24.0 Å². The summed E-state index contributed by atoms with van der Waals surface area (Å²) < 4.78 is 0.862. The van der Waals surface area contributed by atoms with E-state index in [0.29, 0.717) is 5.56 Å². The van der Waals surface area contributed by atoms with Crippen molar-refractivity contribution in [2.24, 2.45) is 0 Å². The number of carbonyl (C=O) groups excluding carboxylic acids is 1. The maximum Gasteiger partial charge on any atom is 0.255 e. The zero-order valence-corrected chi connectivity index (χ0v) is 15.1. The summed E-state index contributed by atoms with van der Waals surface area (Å²) in [7, 11) is 0. The summed E-state index contributed by atoms with van der Waals surface area (Å²) in [6.45, 7) is 6.17. The minimum Gasteiger partial charge on any atom is -0.357 e. The zero-order chi connectivity index (χ0) is 16.7. The molecule has 0 fully saturated rings. The molecular weight excluding hydrogens is 354 g/mol. The van der Waals surface area contributed by atoms with E-state index in [-0.39, 0.29) is 5.91 Å². The van der Waals surface area contributed by atoms with Gasteiger partial charge in [0.1, 0.15) is 5.82 Å². The first-order valence-electron chi connectivity index (χ1n) is 7.92. The minimum absolute atomic E-state index is 0.131. The van der Waals surface area contributed by atoms with Gasteiger partial charge in [0.25, 0.3) is 5.91 Å². The van der Waals surface area contributed by atoms with Gasteiger partial charge < -0.3 is 10.2 Å². The number of pyridine rings is 1. The lowest BCUT2D eigenvalue weighted by Gasteiger charge is -2.22. The Labute approximate surface area is 146 Å². The quantitative estimate of drug-likeness (QED) is 0.760. The van der Waals surface area contributed by atoms with Crippen molar-refractivity contribution in [2.45, 2.75) is 26.7 Å². The van der Waals surface area contributed by atoms with E-state index >= 15 is 0 Å². The number of nitrogens with one attached hydrogen (secondary N) is 1. The van der Waals surface area contributed by atoms with Crippen LogP contribution in [0.3, 0.4) is 0 Å². The van der Waals surface area contributed by atoms with Crippen molar-refractivity contribution in [3.05, 3.63) is 52.6 Å². The van der Waals surface area contributed by atoms with Crippen LogP contribution in [0.25, 0.3) is 0 Å². The summed E-state index contributed by atoms with van der Waals surface area (Å²) in [6.07, 6.45) is 3.80. The number of amides is 1. The molecule has 5 heteroatoms. The van der Waals surface area contributed by atoms with Crippen LogP contribution in [-0.2, 0) is 0 Å². The van der Waals surface area contributed by atoms with Crippen LogP contribution in [0, 0.1) is 0 Å². The first kappa shape index (κ1) is 17.5. The summed E-state index contributed by atoms with van der Waals surface area (Å²) in [4.78, 5) is 19.1. The number of hydrogen-bond donors (Lipinski definition) is 1. The minimum atomic E-state index is -0.131. The van der Waals surface area contributed by atoms with Crippen LogP contribution >= 0.6 is 15.9 Å². The second-order valence-electron chi connectivity index (χ2n) is 5.32. The molecule has 2 rings (SSSR count). The Morgan fingerprint density at radius 2 is 1.87 bits per heavy atom. The van der Waals surface area contributed by atoms with Gasteiger partial charge in [-0.2, -0.15) is 0 Å². The van der Waals surface area contributed by atoms with Crippen LogP contribution in [0.2, 0.25) is 0 Å². The summed E-state index contributed by atoms with van der Waals surface area (Å²) in [6, 6.07) is 11.2. The summed E-state index contributed by atoms with van der Waals surface area (Å²) in [5.41, 5.74) is 1.37. The van der Waals surface area contributed by atoms with Crippen molar-refractivity contribution in [2.75, 3.05) is 23.3 Å². The van der Waals surface area contributed by atoms with E-state index < -0.39 is 0 Å². The monoisotopic (exact) mass is 375 g/mol. The predicted molar refractivity (Wildman–Crippen MR) is 99.1 cm³/mol. The van der Waals surface area contributed by atoms with Gasteiger partial charge in [-0.3, -0.25) is 4.79 Å². The van der Waals surface area contributed by atoms with E-state index in [9.17, 15) is 4.79 Å². The van der Waals surface area contributed by atoms with Crippen molar-refractivity contribution in [1.82, 2.24) is 4.98 Å². The maximum absolute atomic E-state index is 12.5. The second-order valence-corrected chi connectivity index (χ2v) is 6.18. The Morgan fingerprint density at radius 1 is 1.17 bits per heavy atom. The SMILES string of the molecule is CCCN(CCC)c1cc(C(=O)Nc2ccccc2Br)ccn1. The highest BCUT2D eigenvalue weighted by atomic mass is 79.9. The molecule has 122 valence electrons. The van der Waals surface area contributed by atoms with Crippen LogP contribution in [0.4, 0.5) is 11.5 Å². The fraction of sp³-hybridized carbons (Fsp3) is 0.333. The fourth-order valence-corrected chi connectivity index (χ4v) is 2.75. The molecule has 0 bridgehead atoms. The van der Waals surface area contributed by atoms with E-state index in [1.54, 1.807) is 12.3 Å². The molecule has 0 atom stereocenters. The molecule has 0 saturated carbocycles. The number of para-hydroxylation sites is 1. The summed E-state index contributed by atoms with van der Waals surface area (Å²) in [5, 5.41) is 2.92. The Balaban J connectivity index is 2.18. The molecule has 0 radical (unpaired) electrons. The normalized spacial score (nSPS) is 10.4. The predicted octanol–water partition coefficient (Wildman–Crippen LogP) is 4.72. The molecule has 23 heavy (non-hydrogen) atoms. The lowest BCUT2D eigenvalue weighted by atomic mass is 10.2. The van der Waals surface area contributed by atoms with Crippen molar-refractivity contribution < 1.29 is 4.79 Å². The van der Waals surface area contributed by atoms with Gasteiger partial charge >= 0.3 is 0 Å². The molecular formula is C18H22BrN3O. The standard InChI is InChI=1S/C18H22BrN3O/c1-3-11-22(12-4-2)17-13-14(9-10-20-17)18(23)21-16-8-6-5-7-15(16)19/h5-10,13H,3-4,11-12H2,1-2H3,(H,21,23). The van der Waals surface area contributed by atoms with Gasteiger partial charge in [0, 0.05) is 29.3 Å². The molecule has 1 aromatic heterocycles. The summed E-state index contributed by atoms with van der Waals surface area (Å²) >= 11 is 3.44. The number of benzene rings is 1. The van der Waals surface area contributed by atoms with Gasteiger partial charge in [-0.25, -0.2) is 4.98 Å². The van der Waals surface area contributed by atoms with E-state index in [0.717, 1.165) is 41.9 Å². The molecule has 1 heterocycles. The third kappa shape index (κ3) is 4.79. The number of rotatable bonds is 7. The molecule has 1 amide bonds. The van der Waals surface area contributed by atoms with E-state index in [2.05, 4.69) is 45.0 Å². The van der Waals surface area contributed by atoms with Crippen molar-refractivity contribution in [3.8, 4) is 0 Å². The molecule has 1 N–H and O–H groups in total. The number of nitrogens with zero attached hydrogens (tertiary/aromatic N) is 2. The third-order valence-electron chi connectivity index (χ3n) is 3.44. The largest absolute Gasteiger partial charge is 0.357 e. The highest BCUT2D eigenvalue weighted by Gasteiger charge is 2.12. The van der Waals surface area contributed by atoms with E-state index in [4.69, 9.17) is 0 Å². The van der Waals surface area contributed by atoms with Gasteiger partial charge in [0.05, 0.1) is 5.69 Å². The Hall–Kier alpha value is -1.88. The Morgan fingerprint density at radius 3 is 2.52 bits per heavy atom. The van der Waals surface area contributed by atoms with E-state index in [1.165, 1.54) is 0 Å². The van der Waals surface area contributed by atoms with Gasteiger partial charge in [-0.15, -0.1) is 0 Å². The van der Waals surface area contributed by atoms with Gasteiger partial charge in [-0.05, 0) is 53.0 Å².